The molecule has 0 rings (SSSR count). The van der Waals surface area contributed by atoms with Gasteiger partial charge in [-0.05, 0) is 0 Å². The molecular weight excluding hydrogens is 114 g/mol. The Labute approximate surface area is 58.3 Å². The van der Waals surface area contributed by atoms with Crippen molar-refractivity contribution in [3.63, 3.8) is 0 Å². The normalized spacial score (nSPS) is 11.4. The SMILES string of the molecule is [B][B]OCC(C)(C)CO. The molecular formula is C5H11B2O2. The average molecular weight is 125 g/mol. The summed E-state index contributed by atoms with van der Waals surface area (Å²) in [5, 5.41) is 8.69. The number of aliphatic hydroxyl groups excluding tert-OH is 1. The van der Waals surface area contributed by atoms with Gasteiger partial charge >= 0.3 is 0 Å². The molecule has 4 heteroatoms. The third kappa shape index (κ3) is 4.55. The van der Waals surface area contributed by atoms with Crippen molar-refractivity contribution in [1.29, 1.82) is 0 Å². The van der Waals surface area contributed by atoms with E-state index < -0.39 is 0 Å². The lowest BCUT2D eigenvalue weighted by Gasteiger charge is -2.20. The molecule has 2 nitrogen and oxygen atoms in total. The molecule has 0 amide bonds. The molecule has 0 aliphatic carbocycles. The van der Waals surface area contributed by atoms with E-state index in [-0.39, 0.29) is 12.0 Å². The second-order valence-electron chi connectivity index (χ2n) is 2.77. The smallest absolute Gasteiger partial charge is 0.230 e. The fourth-order valence-electron chi connectivity index (χ4n) is 0.319. The minimum absolute atomic E-state index is 0.112. The van der Waals surface area contributed by atoms with Crippen molar-refractivity contribution < 1.29 is 9.76 Å². The summed E-state index contributed by atoms with van der Waals surface area (Å²) in [7, 11) is 6.10. The first-order valence-electron chi connectivity index (χ1n) is 2.88. The van der Waals surface area contributed by atoms with Crippen LogP contribution in [0.25, 0.3) is 0 Å². The van der Waals surface area contributed by atoms with Gasteiger partial charge in [0.05, 0.1) is 14.3 Å². The molecule has 49 valence electrons. The molecule has 0 bridgehead atoms. The van der Waals surface area contributed by atoms with Crippen molar-refractivity contribution >= 4 is 15.1 Å². The van der Waals surface area contributed by atoms with E-state index in [0.29, 0.717) is 6.61 Å². The summed E-state index contributed by atoms with van der Waals surface area (Å²) >= 11 is 0. The quantitative estimate of drug-likeness (QED) is 0.523. The predicted octanol–water partition coefficient (Wildman–Crippen LogP) is -0.276. The molecule has 0 fully saturated rings. The maximum atomic E-state index is 8.69. The largest absolute Gasteiger partial charge is 0.452 e. The van der Waals surface area contributed by atoms with Gasteiger partial charge in [0.25, 0.3) is 0 Å². The molecule has 0 atom stereocenters. The van der Waals surface area contributed by atoms with Crippen LogP contribution in [0.4, 0.5) is 0 Å². The van der Waals surface area contributed by atoms with Crippen LogP contribution in [-0.2, 0) is 4.65 Å². The highest BCUT2D eigenvalue weighted by Crippen LogP contribution is 2.12. The highest BCUT2D eigenvalue weighted by Gasteiger charge is 2.15. The van der Waals surface area contributed by atoms with Crippen molar-refractivity contribution in [3.8, 4) is 0 Å². The van der Waals surface area contributed by atoms with Crippen molar-refractivity contribution in [2.45, 2.75) is 13.8 Å². The topological polar surface area (TPSA) is 29.5 Å². The lowest BCUT2D eigenvalue weighted by Crippen LogP contribution is -2.24. The minimum atomic E-state index is -0.185. The third-order valence-corrected chi connectivity index (χ3v) is 0.998. The van der Waals surface area contributed by atoms with Crippen LogP contribution in [0.1, 0.15) is 13.8 Å². The Kier molecular flexibility index (Phi) is 3.98. The molecule has 0 spiro atoms. The Morgan fingerprint density at radius 1 is 1.67 bits per heavy atom. The molecule has 0 aromatic carbocycles. The highest BCUT2D eigenvalue weighted by atomic mass is 16.4. The minimum Gasteiger partial charge on any atom is -0.452 e. The van der Waals surface area contributed by atoms with Gasteiger partial charge in [-0.2, -0.15) is 0 Å². The monoisotopic (exact) mass is 125 g/mol. The molecule has 0 heterocycles. The van der Waals surface area contributed by atoms with Gasteiger partial charge in [-0.1, -0.05) is 13.8 Å². The molecule has 1 N–H and O–H groups in total. The third-order valence-electron chi connectivity index (χ3n) is 0.998. The average Bonchev–Trinajstić information content (AvgIpc) is 1.84. The van der Waals surface area contributed by atoms with Crippen LogP contribution in [0.15, 0.2) is 0 Å². The van der Waals surface area contributed by atoms with Gasteiger partial charge in [-0.25, -0.2) is 0 Å². The zero-order valence-corrected chi connectivity index (χ0v) is 5.92. The van der Waals surface area contributed by atoms with Gasteiger partial charge in [0, 0.05) is 12.0 Å². The molecule has 3 radical (unpaired) electrons. The maximum Gasteiger partial charge on any atom is 0.230 e. The van der Waals surface area contributed by atoms with Crippen LogP contribution >= 0.6 is 0 Å². The molecule has 0 aromatic rings. The first kappa shape index (κ1) is 9.05. The van der Waals surface area contributed by atoms with Gasteiger partial charge in [-0.3, -0.25) is 0 Å². The summed E-state index contributed by atoms with van der Waals surface area (Å²) in [5.74, 6) is 0. The standard InChI is InChI=1S/C5H11B2O2/c1-5(2,3-8)4-9-7-6/h8H,3-4H2,1-2H3. The second kappa shape index (κ2) is 3.96. The van der Waals surface area contributed by atoms with Crippen LogP contribution in [-0.4, -0.2) is 33.4 Å². The summed E-state index contributed by atoms with van der Waals surface area (Å²) in [6, 6.07) is 0. The van der Waals surface area contributed by atoms with Crippen LogP contribution < -0.4 is 0 Å². The molecule has 0 saturated carbocycles. The fourth-order valence-corrected chi connectivity index (χ4v) is 0.319. The molecule has 0 aromatic heterocycles. The van der Waals surface area contributed by atoms with Crippen LogP contribution in [0.3, 0.4) is 0 Å². The fraction of sp³-hybridized carbons (Fsp3) is 1.00. The molecule has 9 heavy (non-hydrogen) atoms. The zero-order valence-electron chi connectivity index (χ0n) is 5.92. The van der Waals surface area contributed by atoms with E-state index in [1.54, 1.807) is 0 Å². The summed E-state index contributed by atoms with van der Waals surface area (Å²) in [6.07, 6.45) is 0. The Morgan fingerprint density at radius 3 is 2.56 bits per heavy atom. The molecule has 0 unspecified atom stereocenters. The van der Waals surface area contributed by atoms with E-state index in [2.05, 4.69) is 0 Å². The molecule has 0 aliphatic heterocycles. The zero-order chi connectivity index (χ0) is 7.33. The van der Waals surface area contributed by atoms with Gasteiger partial charge in [0.15, 0.2) is 0 Å². The van der Waals surface area contributed by atoms with Gasteiger partial charge < -0.3 is 9.76 Å². The molecule has 0 aliphatic rings. The highest BCUT2D eigenvalue weighted by molar-refractivity contribution is 6.85. The predicted molar refractivity (Wildman–Crippen MR) is 38.3 cm³/mol. The van der Waals surface area contributed by atoms with Crippen molar-refractivity contribution in [1.82, 2.24) is 0 Å². The van der Waals surface area contributed by atoms with Crippen LogP contribution in [0.5, 0.6) is 0 Å². The number of hydrogen-bond donors (Lipinski definition) is 1. The second-order valence-corrected chi connectivity index (χ2v) is 2.77. The summed E-state index contributed by atoms with van der Waals surface area (Å²) < 4.78 is 4.78. The lowest BCUT2D eigenvalue weighted by molar-refractivity contribution is 0.102. The Balaban J connectivity index is 3.33. The number of aliphatic hydroxyl groups is 1. The van der Waals surface area contributed by atoms with Crippen molar-refractivity contribution in [3.05, 3.63) is 0 Å². The first-order valence-corrected chi connectivity index (χ1v) is 2.88. The van der Waals surface area contributed by atoms with Crippen molar-refractivity contribution in [2.75, 3.05) is 13.2 Å². The summed E-state index contributed by atoms with van der Waals surface area (Å²) in [5.41, 5.74) is -0.185. The van der Waals surface area contributed by atoms with E-state index in [1.165, 1.54) is 0 Å². The van der Waals surface area contributed by atoms with E-state index in [4.69, 9.17) is 17.5 Å². The van der Waals surface area contributed by atoms with Gasteiger partial charge in [0.1, 0.15) is 0 Å². The maximum absolute atomic E-state index is 8.69. The Hall–Kier alpha value is 0.0499. The first-order chi connectivity index (χ1) is 4.12. The lowest BCUT2D eigenvalue weighted by atomic mass is 9.72. The summed E-state index contributed by atoms with van der Waals surface area (Å²) in [6.45, 7) is 4.37. The van der Waals surface area contributed by atoms with Gasteiger partial charge in [0.2, 0.25) is 7.37 Å². The van der Waals surface area contributed by atoms with Gasteiger partial charge in [-0.15, -0.1) is 0 Å². The van der Waals surface area contributed by atoms with E-state index in [1.807, 2.05) is 13.8 Å². The van der Waals surface area contributed by atoms with Crippen LogP contribution in [0.2, 0.25) is 0 Å². The summed E-state index contributed by atoms with van der Waals surface area (Å²) in [4.78, 5) is 0. The molecule has 0 saturated heterocycles. The van der Waals surface area contributed by atoms with E-state index in [0.717, 1.165) is 7.37 Å². The number of rotatable bonds is 4. The Morgan fingerprint density at radius 2 is 2.22 bits per heavy atom. The van der Waals surface area contributed by atoms with E-state index >= 15 is 0 Å². The Bertz CT molecular complexity index is 75.4. The van der Waals surface area contributed by atoms with Crippen LogP contribution in [0, 0.1) is 5.41 Å². The number of hydrogen-bond acceptors (Lipinski definition) is 2. The van der Waals surface area contributed by atoms with E-state index in [9.17, 15) is 0 Å². The van der Waals surface area contributed by atoms with Crippen molar-refractivity contribution in [2.24, 2.45) is 5.41 Å².